The average molecular weight is 393 g/mol. The Morgan fingerprint density at radius 3 is 2.79 bits per heavy atom. The molecule has 2 saturated heterocycles. The van der Waals surface area contributed by atoms with Gasteiger partial charge in [0, 0.05) is 37.0 Å². The molecule has 2 aliphatic heterocycles. The number of benzene rings is 2. The van der Waals surface area contributed by atoms with Crippen molar-refractivity contribution in [3.05, 3.63) is 71.7 Å². The van der Waals surface area contributed by atoms with E-state index in [9.17, 15) is 14.0 Å². The topological polar surface area (TPSA) is 65.6 Å². The average Bonchev–Trinajstić information content (AvgIpc) is 3.29. The van der Waals surface area contributed by atoms with Gasteiger partial charge in [0.25, 0.3) is 5.91 Å². The lowest BCUT2D eigenvalue weighted by Crippen LogP contribution is -2.63. The molecule has 7 heteroatoms. The molecule has 2 amide bonds. The van der Waals surface area contributed by atoms with Crippen LogP contribution in [-0.2, 0) is 11.2 Å². The summed E-state index contributed by atoms with van der Waals surface area (Å²) in [6.45, 7) is 1.49. The largest absolute Gasteiger partial charge is 0.447 e. The van der Waals surface area contributed by atoms with E-state index in [1.54, 1.807) is 21.9 Å². The molecule has 0 radical (unpaired) electrons. The number of amides is 2. The van der Waals surface area contributed by atoms with Gasteiger partial charge in [-0.3, -0.25) is 9.69 Å². The molecule has 1 atom stereocenters. The number of cyclic esters (lactones) is 1. The zero-order valence-corrected chi connectivity index (χ0v) is 15.7. The van der Waals surface area contributed by atoms with E-state index in [1.807, 2.05) is 30.3 Å². The Hall–Kier alpha value is -3.35. The summed E-state index contributed by atoms with van der Waals surface area (Å²) < 4.78 is 18.9. The van der Waals surface area contributed by atoms with Gasteiger partial charge < -0.3 is 14.6 Å². The summed E-state index contributed by atoms with van der Waals surface area (Å²) in [7, 11) is 0. The number of ether oxygens (including phenoxy) is 1. The third-order valence-electron chi connectivity index (χ3n) is 5.81. The predicted octanol–water partition coefficient (Wildman–Crippen LogP) is 3.20. The fourth-order valence-corrected chi connectivity index (χ4v) is 4.40. The van der Waals surface area contributed by atoms with Gasteiger partial charge in [-0.1, -0.05) is 30.3 Å². The first-order valence-corrected chi connectivity index (χ1v) is 9.60. The Balaban J connectivity index is 1.43. The minimum Gasteiger partial charge on any atom is -0.447 e. The molecule has 0 spiro atoms. The van der Waals surface area contributed by atoms with E-state index in [0.29, 0.717) is 42.7 Å². The molecule has 2 aromatic carbocycles. The molecule has 6 nitrogen and oxygen atoms in total. The standard InChI is InChI=1S/C22H20FN3O3/c23-17-6-7-18-16(10-17)11-19(24-18)20(27)25-8-9-26-21(28)29-14-22(26,13-25)12-15-4-2-1-3-5-15/h1-7,10-11,24H,8-9,12-14H2. The second-order valence-electron chi connectivity index (χ2n) is 7.73. The van der Waals surface area contributed by atoms with Crippen LogP contribution >= 0.6 is 0 Å². The van der Waals surface area contributed by atoms with Gasteiger partial charge in [0.2, 0.25) is 0 Å². The number of H-pyrrole nitrogens is 1. The van der Waals surface area contributed by atoms with E-state index in [2.05, 4.69) is 4.98 Å². The van der Waals surface area contributed by atoms with Crippen LogP contribution in [0.1, 0.15) is 16.1 Å². The quantitative estimate of drug-likeness (QED) is 0.743. The van der Waals surface area contributed by atoms with E-state index in [0.717, 1.165) is 5.56 Å². The fourth-order valence-electron chi connectivity index (χ4n) is 4.40. The smallest absolute Gasteiger partial charge is 0.410 e. The monoisotopic (exact) mass is 393 g/mol. The molecule has 1 aromatic heterocycles. The van der Waals surface area contributed by atoms with E-state index in [4.69, 9.17) is 4.74 Å². The number of piperazine rings is 1. The first-order chi connectivity index (χ1) is 14.0. The predicted molar refractivity (Wildman–Crippen MR) is 105 cm³/mol. The Kier molecular flexibility index (Phi) is 4.04. The third kappa shape index (κ3) is 3.03. The first-order valence-electron chi connectivity index (χ1n) is 9.60. The highest BCUT2D eigenvalue weighted by atomic mass is 19.1. The van der Waals surface area contributed by atoms with Crippen LogP contribution in [0, 0.1) is 5.82 Å². The Bertz CT molecular complexity index is 1100. The number of nitrogens with zero attached hydrogens (tertiary/aromatic N) is 2. The van der Waals surface area contributed by atoms with Gasteiger partial charge in [-0.15, -0.1) is 0 Å². The van der Waals surface area contributed by atoms with Crippen molar-refractivity contribution in [1.82, 2.24) is 14.8 Å². The van der Waals surface area contributed by atoms with Crippen LogP contribution in [-0.4, -0.2) is 58.6 Å². The lowest BCUT2D eigenvalue weighted by Gasteiger charge is -2.44. The van der Waals surface area contributed by atoms with Gasteiger partial charge in [-0.05, 0) is 29.8 Å². The van der Waals surface area contributed by atoms with Crippen molar-refractivity contribution in [3.8, 4) is 0 Å². The second-order valence-corrected chi connectivity index (χ2v) is 7.73. The molecule has 3 aromatic rings. The zero-order chi connectivity index (χ0) is 20.0. The van der Waals surface area contributed by atoms with Crippen molar-refractivity contribution in [3.63, 3.8) is 0 Å². The molecule has 3 heterocycles. The number of aromatic nitrogens is 1. The number of nitrogens with one attached hydrogen (secondary N) is 1. The molecule has 29 heavy (non-hydrogen) atoms. The number of hydrogen-bond acceptors (Lipinski definition) is 3. The van der Waals surface area contributed by atoms with Gasteiger partial charge in [0.1, 0.15) is 23.7 Å². The summed E-state index contributed by atoms with van der Waals surface area (Å²) >= 11 is 0. The van der Waals surface area contributed by atoms with E-state index < -0.39 is 5.54 Å². The van der Waals surface area contributed by atoms with Crippen LogP contribution in [0.2, 0.25) is 0 Å². The van der Waals surface area contributed by atoms with Crippen LogP contribution in [0.15, 0.2) is 54.6 Å². The van der Waals surface area contributed by atoms with Gasteiger partial charge in [-0.25, -0.2) is 9.18 Å². The van der Waals surface area contributed by atoms with Gasteiger partial charge >= 0.3 is 6.09 Å². The van der Waals surface area contributed by atoms with Crippen molar-refractivity contribution in [1.29, 1.82) is 0 Å². The summed E-state index contributed by atoms with van der Waals surface area (Å²) in [5.74, 6) is -0.499. The van der Waals surface area contributed by atoms with Gasteiger partial charge in [0.15, 0.2) is 0 Å². The van der Waals surface area contributed by atoms with Crippen LogP contribution in [0.3, 0.4) is 0 Å². The summed E-state index contributed by atoms with van der Waals surface area (Å²) in [5, 5.41) is 0.658. The number of carbonyl (C=O) groups is 2. The normalized spacial score (nSPS) is 21.3. The maximum atomic E-state index is 13.5. The van der Waals surface area contributed by atoms with Crippen LogP contribution in [0.25, 0.3) is 10.9 Å². The SMILES string of the molecule is O=C(c1cc2cc(F)ccc2[nH]1)N1CCN2C(=O)OCC2(Cc2ccccc2)C1. The van der Waals surface area contributed by atoms with Crippen molar-refractivity contribution < 1.29 is 18.7 Å². The number of fused-ring (bicyclic) bond motifs is 2. The van der Waals surface area contributed by atoms with Crippen molar-refractivity contribution in [2.45, 2.75) is 12.0 Å². The molecule has 2 fully saturated rings. The second kappa shape index (κ2) is 6.62. The maximum Gasteiger partial charge on any atom is 0.410 e. The lowest BCUT2D eigenvalue weighted by molar-refractivity contribution is 0.0372. The maximum absolute atomic E-state index is 13.5. The van der Waals surface area contributed by atoms with Gasteiger partial charge in [0.05, 0.1) is 0 Å². The molecule has 148 valence electrons. The summed E-state index contributed by atoms with van der Waals surface area (Å²) in [4.78, 5) is 32.0. The highest BCUT2D eigenvalue weighted by molar-refractivity contribution is 5.98. The number of aromatic amines is 1. The van der Waals surface area contributed by atoms with E-state index in [1.165, 1.54) is 12.1 Å². The first kappa shape index (κ1) is 17.7. The van der Waals surface area contributed by atoms with E-state index >= 15 is 0 Å². The molecule has 0 aliphatic carbocycles. The molecule has 0 saturated carbocycles. The van der Waals surface area contributed by atoms with Gasteiger partial charge in [-0.2, -0.15) is 0 Å². The molecule has 5 rings (SSSR count). The molecule has 1 N–H and O–H groups in total. The van der Waals surface area contributed by atoms with Crippen LogP contribution in [0.4, 0.5) is 9.18 Å². The van der Waals surface area contributed by atoms with Crippen molar-refractivity contribution in [2.75, 3.05) is 26.2 Å². The van der Waals surface area contributed by atoms with Crippen molar-refractivity contribution in [2.24, 2.45) is 0 Å². The Labute approximate surface area is 166 Å². The molecule has 1 unspecified atom stereocenters. The molecule has 0 bridgehead atoms. The number of carbonyl (C=O) groups excluding carboxylic acids is 2. The fraction of sp³-hybridized carbons (Fsp3) is 0.273. The Morgan fingerprint density at radius 1 is 1.14 bits per heavy atom. The summed E-state index contributed by atoms with van der Waals surface area (Å²) in [6, 6.07) is 16.0. The lowest BCUT2D eigenvalue weighted by atomic mass is 9.88. The Morgan fingerprint density at radius 2 is 1.97 bits per heavy atom. The zero-order valence-electron chi connectivity index (χ0n) is 15.7. The number of halogens is 1. The highest BCUT2D eigenvalue weighted by Crippen LogP contribution is 2.33. The minimum atomic E-state index is -0.579. The number of rotatable bonds is 3. The molecular weight excluding hydrogens is 373 g/mol. The minimum absolute atomic E-state index is 0.159. The number of hydrogen-bond donors (Lipinski definition) is 1. The molecule has 2 aliphatic rings. The highest BCUT2D eigenvalue weighted by Gasteiger charge is 2.51. The third-order valence-corrected chi connectivity index (χ3v) is 5.81. The van der Waals surface area contributed by atoms with Crippen LogP contribution in [0.5, 0.6) is 0 Å². The molecular formula is C22H20FN3O3. The van der Waals surface area contributed by atoms with E-state index in [-0.39, 0.29) is 24.4 Å². The van der Waals surface area contributed by atoms with Crippen molar-refractivity contribution >= 4 is 22.9 Å². The summed E-state index contributed by atoms with van der Waals surface area (Å²) in [5.41, 5.74) is 1.64. The van der Waals surface area contributed by atoms with Crippen LogP contribution < -0.4 is 0 Å². The summed E-state index contributed by atoms with van der Waals surface area (Å²) in [6.07, 6.45) is 0.287.